The van der Waals surface area contributed by atoms with E-state index >= 15 is 0 Å². The third kappa shape index (κ3) is 6.36. The highest BCUT2D eigenvalue weighted by Crippen LogP contribution is 2.41. The van der Waals surface area contributed by atoms with Gasteiger partial charge in [-0.25, -0.2) is 9.59 Å². The summed E-state index contributed by atoms with van der Waals surface area (Å²) in [5.74, 6) is -0.416. The van der Waals surface area contributed by atoms with E-state index in [0.29, 0.717) is 32.8 Å². The molecule has 5 rings (SSSR count). The average molecular weight is 599 g/mol. The van der Waals surface area contributed by atoms with Gasteiger partial charge < -0.3 is 24.6 Å². The summed E-state index contributed by atoms with van der Waals surface area (Å²) in [6.45, 7) is 5.51. The summed E-state index contributed by atoms with van der Waals surface area (Å²) in [7, 11) is 0. The maximum absolute atomic E-state index is 12.8. The summed E-state index contributed by atoms with van der Waals surface area (Å²) >= 11 is 12.0. The first kappa shape index (κ1) is 28.6. The molecule has 2 aliphatic rings. The summed E-state index contributed by atoms with van der Waals surface area (Å²) in [4.78, 5) is 38.6. The topological polar surface area (TPSA) is 114 Å². The molecule has 0 fully saturated rings. The van der Waals surface area contributed by atoms with Crippen LogP contribution in [0.15, 0.2) is 54.6 Å². The lowest BCUT2D eigenvalue weighted by Crippen LogP contribution is -2.50. The maximum atomic E-state index is 12.8. The van der Waals surface area contributed by atoms with Crippen molar-refractivity contribution in [3.8, 4) is 11.5 Å². The van der Waals surface area contributed by atoms with Crippen LogP contribution in [0.3, 0.4) is 0 Å². The van der Waals surface area contributed by atoms with Crippen molar-refractivity contribution in [2.75, 3.05) is 11.9 Å². The van der Waals surface area contributed by atoms with Crippen molar-refractivity contribution in [2.24, 2.45) is 0 Å². The molecule has 3 aromatic rings. The number of rotatable bonds is 4. The van der Waals surface area contributed by atoms with Crippen LogP contribution in [-0.4, -0.2) is 46.2 Å². The smallest absolute Gasteiger partial charge is 0.411 e. The molecule has 41 heavy (non-hydrogen) atoms. The first-order valence-corrected chi connectivity index (χ1v) is 13.7. The molecule has 214 valence electrons. The maximum Gasteiger partial charge on any atom is 0.411 e. The lowest BCUT2D eigenvalue weighted by atomic mass is 9.93. The molecule has 2 unspecified atom stereocenters. The van der Waals surface area contributed by atoms with Crippen LogP contribution in [0.4, 0.5) is 10.5 Å². The van der Waals surface area contributed by atoms with E-state index in [1.807, 2.05) is 12.1 Å². The van der Waals surface area contributed by atoms with Gasteiger partial charge in [0, 0.05) is 17.7 Å². The van der Waals surface area contributed by atoms with Gasteiger partial charge in [0.1, 0.15) is 18.2 Å². The molecule has 0 spiro atoms. The van der Waals surface area contributed by atoms with Crippen molar-refractivity contribution in [3.63, 3.8) is 0 Å². The van der Waals surface area contributed by atoms with Crippen LogP contribution >= 0.6 is 23.2 Å². The second kappa shape index (κ2) is 11.1. The molecule has 2 heterocycles. The van der Waals surface area contributed by atoms with E-state index in [1.165, 1.54) is 11.0 Å². The number of anilines is 1. The lowest BCUT2D eigenvalue weighted by Gasteiger charge is -2.36. The molecule has 0 aliphatic carbocycles. The zero-order chi connectivity index (χ0) is 29.5. The number of carbonyl (C=O) groups is 3. The average Bonchev–Trinajstić information content (AvgIpc) is 2.91. The zero-order valence-corrected chi connectivity index (χ0v) is 24.1. The number of ether oxygens (including phenoxy) is 3. The van der Waals surface area contributed by atoms with E-state index in [9.17, 15) is 19.5 Å². The second-order valence-electron chi connectivity index (χ2n) is 10.9. The van der Waals surface area contributed by atoms with E-state index in [2.05, 4.69) is 5.32 Å². The Morgan fingerprint density at radius 1 is 0.976 bits per heavy atom. The number of hydrogen-bond donors (Lipinski definition) is 2. The predicted octanol–water partition coefficient (Wildman–Crippen LogP) is 6.50. The Morgan fingerprint density at radius 3 is 2.34 bits per heavy atom. The van der Waals surface area contributed by atoms with Crippen LogP contribution in [0.2, 0.25) is 10.0 Å². The zero-order valence-electron chi connectivity index (χ0n) is 22.6. The van der Waals surface area contributed by atoms with Gasteiger partial charge in [0.25, 0.3) is 5.91 Å². The van der Waals surface area contributed by atoms with E-state index in [1.54, 1.807) is 57.2 Å². The van der Waals surface area contributed by atoms with Gasteiger partial charge in [-0.3, -0.25) is 9.69 Å². The van der Waals surface area contributed by atoms with Gasteiger partial charge in [-0.05, 0) is 79.9 Å². The number of amides is 2. The van der Waals surface area contributed by atoms with Crippen LogP contribution in [0.1, 0.15) is 53.9 Å². The molecule has 0 radical (unpaired) electrons. The molecule has 11 heteroatoms. The van der Waals surface area contributed by atoms with Crippen LogP contribution in [0, 0.1) is 0 Å². The van der Waals surface area contributed by atoms with Crippen molar-refractivity contribution < 1.29 is 33.7 Å². The molecule has 2 atom stereocenters. The highest BCUT2D eigenvalue weighted by molar-refractivity contribution is 6.42. The number of fused-ring (bicyclic) bond motifs is 2. The van der Waals surface area contributed by atoms with Crippen LogP contribution in [0.25, 0.3) is 0 Å². The highest BCUT2D eigenvalue weighted by atomic mass is 35.5. The third-order valence-corrected chi connectivity index (χ3v) is 7.43. The van der Waals surface area contributed by atoms with Gasteiger partial charge >= 0.3 is 12.1 Å². The largest absolute Gasteiger partial charge is 0.485 e. The van der Waals surface area contributed by atoms with E-state index in [-0.39, 0.29) is 25.5 Å². The molecule has 2 N–H and O–H groups in total. The molecule has 2 amide bonds. The van der Waals surface area contributed by atoms with Crippen LogP contribution < -0.4 is 14.8 Å². The molecule has 2 aliphatic heterocycles. The SMILES string of the molecule is CC(C)(C)OC(=O)N1Cc2cc3c(cc2CC1C(=O)O)OCC(c1ccc(NC(=O)c2ccc(Cl)c(Cl)c2)cc1)O3. The summed E-state index contributed by atoms with van der Waals surface area (Å²) < 4.78 is 17.7. The fraction of sp³-hybridized carbons (Fsp3) is 0.300. The number of nitrogens with zero attached hydrogens (tertiary/aromatic N) is 1. The highest BCUT2D eigenvalue weighted by Gasteiger charge is 2.38. The number of carboxylic acids is 1. The summed E-state index contributed by atoms with van der Waals surface area (Å²) in [6.07, 6.45) is -0.980. The van der Waals surface area contributed by atoms with Crippen molar-refractivity contribution >= 4 is 46.9 Å². The minimum atomic E-state index is -1.10. The van der Waals surface area contributed by atoms with Crippen LogP contribution in [-0.2, 0) is 22.5 Å². The number of carbonyl (C=O) groups excluding carboxylic acids is 2. The standard InChI is InChI=1S/C30H28Cl2N2O7/c1-30(2,3)41-29(38)34-14-19-13-25-24(12-18(19)11-23(34)28(36)37)39-15-26(40-25)16-4-7-20(8-5-16)33-27(35)17-6-9-21(31)22(32)10-17/h4-10,12-13,23,26H,11,14-15H2,1-3H3,(H,33,35)(H,36,37). The molecule has 0 aromatic heterocycles. The number of aliphatic carboxylic acids is 1. The minimum Gasteiger partial charge on any atom is -0.485 e. The van der Waals surface area contributed by atoms with Gasteiger partial charge in [0.05, 0.1) is 16.6 Å². The van der Waals surface area contributed by atoms with Crippen molar-refractivity contribution in [1.29, 1.82) is 0 Å². The second-order valence-corrected chi connectivity index (χ2v) is 11.7. The Hall–Kier alpha value is -3.95. The first-order valence-electron chi connectivity index (χ1n) is 12.9. The van der Waals surface area contributed by atoms with Crippen molar-refractivity contribution in [3.05, 3.63) is 86.9 Å². The number of hydrogen-bond acceptors (Lipinski definition) is 6. The van der Waals surface area contributed by atoms with Crippen LogP contribution in [0.5, 0.6) is 11.5 Å². The quantitative estimate of drug-likeness (QED) is 0.352. The van der Waals surface area contributed by atoms with Gasteiger partial charge in [-0.2, -0.15) is 0 Å². The Bertz CT molecular complexity index is 1520. The molecule has 3 aromatic carbocycles. The number of halogens is 2. The van der Waals surface area contributed by atoms with Gasteiger partial charge in [-0.15, -0.1) is 0 Å². The number of benzene rings is 3. The molecule has 0 saturated carbocycles. The monoisotopic (exact) mass is 598 g/mol. The Balaban J connectivity index is 1.30. The third-order valence-electron chi connectivity index (χ3n) is 6.69. The number of nitrogens with one attached hydrogen (secondary N) is 1. The van der Waals surface area contributed by atoms with E-state index in [4.69, 9.17) is 37.4 Å². The van der Waals surface area contributed by atoms with Crippen molar-refractivity contribution in [1.82, 2.24) is 4.90 Å². The minimum absolute atomic E-state index is 0.0652. The molecule has 0 bridgehead atoms. The Morgan fingerprint density at radius 2 is 1.68 bits per heavy atom. The summed E-state index contributed by atoms with van der Waals surface area (Å²) in [5, 5.41) is 13.3. The van der Waals surface area contributed by atoms with E-state index < -0.39 is 29.8 Å². The van der Waals surface area contributed by atoms with Gasteiger partial charge in [0.2, 0.25) is 0 Å². The molecule has 0 saturated heterocycles. The number of carboxylic acid groups (broad SMARTS) is 1. The molecular formula is C30H28Cl2N2O7. The molecule has 9 nitrogen and oxygen atoms in total. The first-order chi connectivity index (χ1) is 19.4. The van der Waals surface area contributed by atoms with Crippen molar-refractivity contribution in [2.45, 2.75) is 51.5 Å². The Labute approximate surface area is 246 Å². The predicted molar refractivity (Wildman–Crippen MR) is 153 cm³/mol. The summed E-state index contributed by atoms with van der Waals surface area (Å²) in [5.41, 5.74) is 2.58. The fourth-order valence-electron chi connectivity index (χ4n) is 4.67. The normalized spacial score (nSPS) is 17.8. The van der Waals surface area contributed by atoms with Gasteiger partial charge in [0.15, 0.2) is 17.6 Å². The fourth-order valence-corrected chi connectivity index (χ4v) is 4.97. The van der Waals surface area contributed by atoms with E-state index in [0.717, 1.165) is 16.7 Å². The summed E-state index contributed by atoms with van der Waals surface area (Å²) in [6, 6.07) is 14.4. The molecular weight excluding hydrogens is 571 g/mol. The lowest BCUT2D eigenvalue weighted by molar-refractivity contribution is -0.143. The Kier molecular flexibility index (Phi) is 7.76. The van der Waals surface area contributed by atoms with Gasteiger partial charge in [-0.1, -0.05) is 35.3 Å².